The number of hydrogen-bond donors (Lipinski definition) is 0. The molecule has 4 aromatic rings. The second-order valence-corrected chi connectivity index (χ2v) is 10.0. The fraction of sp³-hybridized carbons (Fsp3) is 0.154. The molecule has 9 heteroatoms. The van der Waals surface area contributed by atoms with E-state index in [0.29, 0.717) is 17.8 Å². The third-order valence-corrected chi connectivity index (χ3v) is 7.11. The van der Waals surface area contributed by atoms with Crippen molar-refractivity contribution in [2.24, 2.45) is 0 Å². The molecule has 0 N–H and O–H groups in total. The van der Waals surface area contributed by atoms with Crippen molar-refractivity contribution in [3.8, 4) is 0 Å². The molecule has 0 unspecified atom stereocenters. The first-order chi connectivity index (χ1) is 16.6. The number of benzene rings is 3. The average molecular weight is 499 g/mol. The molecular formula is C26H21F3N2O3S. The molecule has 1 amide bonds. The van der Waals surface area contributed by atoms with Gasteiger partial charge in [-0.1, -0.05) is 60.7 Å². The van der Waals surface area contributed by atoms with Crippen LogP contribution < -0.4 is 0 Å². The van der Waals surface area contributed by atoms with Gasteiger partial charge in [0.05, 0.1) is 11.3 Å². The molecule has 35 heavy (non-hydrogen) atoms. The maximum absolute atomic E-state index is 13.4. The number of amides is 1. The molecule has 0 spiro atoms. The summed E-state index contributed by atoms with van der Waals surface area (Å²) in [5, 5.41) is 1.37. The Morgan fingerprint density at radius 2 is 1.54 bits per heavy atom. The maximum Gasteiger partial charge on any atom is 0.417 e. The largest absolute Gasteiger partial charge is 0.417 e. The van der Waals surface area contributed by atoms with Gasteiger partial charge < -0.3 is 4.90 Å². The van der Waals surface area contributed by atoms with Gasteiger partial charge in [-0.25, -0.2) is 13.4 Å². The number of rotatable bonds is 7. The predicted octanol–water partition coefficient (Wildman–Crippen LogP) is 5.37. The third kappa shape index (κ3) is 5.86. The van der Waals surface area contributed by atoms with Crippen LogP contribution in [0.2, 0.25) is 0 Å². The summed E-state index contributed by atoms with van der Waals surface area (Å²) in [5.41, 5.74) is 0.185. The maximum atomic E-state index is 13.4. The summed E-state index contributed by atoms with van der Waals surface area (Å²) in [7, 11) is -4.03. The molecule has 1 aromatic heterocycles. The molecule has 0 aliphatic heterocycles. The van der Waals surface area contributed by atoms with Crippen LogP contribution in [0.4, 0.5) is 13.2 Å². The molecule has 3 aromatic carbocycles. The molecular weight excluding hydrogens is 477 g/mol. The molecule has 0 saturated carbocycles. The highest BCUT2D eigenvalue weighted by atomic mass is 32.2. The van der Waals surface area contributed by atoms with Gasteiger partial charge >= 0.3 is 6.18 Å². The van der Waals surface area contributed by atoms with Crippen LogP contribution in [-0.4, -0.2) is 36.5 Å². The lowest BCUT2D eigenvalue weighted by Gasteiger charge is -2.23. The Hall–Kier alpha value is -3.72. The Balaban J connectivity index is 1.58. The molecule has 0 radical (unpaired) electrons. The molecule has 0 fully saturated rings. The van der Waals surface area contributed by atoms with Crippen LogP contribution in [0.15, 0.2) is 96.2 Å². The van der Waals surface area contributed by atoms with Crippen molar-refractivity contribution < 1.29 is 26.4 Å². The first kappa shape index (κ1) is 24.4. The van der Waals surface area contributed by atoms with E-state index in [9.17, 15) is 26.4 Å². The lowest BCUT2D eigenvalue weighted by Crippen LogP contribution is -2.35. The minimum absolute atomic E-state index is 0.161. The van der Waals surface area contributed by atoms with Gasteiger partial charge in [0.25, 0.3) is 5.91 Å². The van der Waals surface area contributed by atoms with E-state index in [1.54, 1.807) is 12.1 Å². The van der Waals surface area contributed by atoms with Gasteiger partial charge in [0, 0.05) is 24.8 Å². The van der Waals surface area contributed by atoms with Crippen molar-refractivity contribution >= 4 is 26.5 Å². The topological polar surface area (TPSA) is 67.3 Å². The van der Waals surface area contributed by atoms with E-state index in [1.807, 2.05) is 60.7 Å². The SMILES string of the molecule is O=C(c1ccc2ccccc2c1)N(CCS(=O)(=O)c1ccc(C(F)(F)F)cn1)Cc1ccccc1. The summed E-state index contributed by atoms with van der Waals surface area (Å²) < 4.78 is 64.0. The first-order valence-electron chi connectivity index (χ1n) is 10.7. The first-order valence-corrected chi connectivity index (χ1v) is 12.4. The van der Waals surface area contributed by atoms with Crippen LogP contribution in [0, 0.1) is 0 Å². The van der Waals surface area contributed by atoms with Crippen molar-refractivity contribution in [3.63, 3.8) is 0 Å². The number of nitrogens with zero attached hydrogens (tertiary/aromatic N) is 2. The van der Waals surface area contributed by atoms with Crippen LogP contribution >= 0.6 is 0 Å². The third-order valence-electron chi connectivity index (χ3n) is 5.51. The summed E-state index contributed by atoms with van der Waals surface area (Å²) in [5.74, 6) is -0.840. The quantitative estimate of drug-likeness (QED) is 0.344. The van der Waals surface area contributed by atoms with Crippen LogP contribution in [0.25, 0.3) is 10.8 Å². The summed E-state index contributed by atoms with van der Waals surface area (Å²) >= 11 is 0. The van der Waals surface area contributed by atoms with Crippen molar-refractivity contribution in [1.82, 2.24) is 9.88 Å². The van der Waals surface area contributed by atoms with E-state index >= 15 is 0 Å². The number of alkyl halides is 3. The van der Waals surface area contributed by atoms with Gasteiger partial charge in [0.1, 0.15) is 0 Å². The van der Waals surface area contributed by atoms with Crippen LogP contribution in [0.3, 0.4) is 0 Å². The lowest BCUT2D eigenvalue weighted by molar-refractivity contribution is -0.137. The van der Waals surface area contributed by atoms with Crippen molar-refractivity contribution in [2.75, 3.05) is 12.3 Å². The molecule has 0 bridgehead atoms. The van der Waals surface area contributed by atoms with Gasteiger partial charge in [0.15, 0.2) is 14.9 Å². The highest BCUT2D eigenvalue weighted by molar-refractivity contribution is 7.91. The van der Waals surface area contributed by atoms with E-state index in [-0.39, 0.29) is 19.0 Å². The van der Waals surface area contributed by atoms with E-state index in [0.717, 1.165) is 22.4 Å². The molecule has 4 rings (SSSR count). The normalized spacial score (nSPS) is 12.0. The lowest BCUT2D eigenvalue weighted by atomic mass is 10.1. The Bertz CT molecular complexity index is 1440. The Morgan fingerprint density at radius 1 is 0.857 bits per heavy atom. The second kappa shape index (κ2) is 9.87. The molecule has 5 nitrogen and oxygen atoms in total. The minimum atomic E-state index is -4.62. The van der Waals surface area contributed by atoms with Crippen molar-refractivity contribution in [3.05, 3.63) is 108 Å². The molecule has 0 aliphatic rings. The van der Waals surface area contributed by atoms with Crippen molar-refractivity contribution in [2.45, 2.75) is 17.7 Å². The van der Waals surface area contributed by atoms with Gasteiger partial charge in [-0.15, -0.1) is 0 Å². The fourth-order valence-electron chi connectivity index (χ4n) is 3.63. The van der Waals surface area contributed by atoms with Crippen molar-refractivity contribution in [1.29, 1.82) is 0 Å². The van der Waals surface area contributed by atoms with Gasteiger partial charge in [-0.05, 0) is 40.6 Å². The standard InChI is InChI=1S/C26H21F3N2O3S/c27-26(28,29)23-12-13-24(30-17-23)35(33,34)15-14-31(18-19-6-2-1-3-7-19)25(32)22-11-10-20-8-4-5-9-21(20)16-22/h1-13,16-17H,14-15,18H2. The Labute approximate surface area is 200 Å². The van der Waals surface area contributed by atoms with E-state index in [4.69, 9.17) is 0 Å². The Morgan fingerprint density at radius 3 is 2.20 bits per heavy atom. The molecule has 180 valence electrons. The average Bonchev–Trinajstić information content (AvgIpc) is 2.86. The number of carbonyl (C=O) groups excluding carboxylic acids is 1. The molecule has 0 saturated heterocycles. The van der Waals surface area contributed by atoms with Gasteiger partial charge in [0.2, 0.25) is 0 Å². The van der Waals surface area contributed by atoms with E-state index in [2.05, 4.69) is 4.98 Å². The number of hydrogen-bond acceptors (Lipinski definition) is 4. The minimum Gasteiger partial charge on any atom is -0.333 e. The Kier molecular flexibility index (Phi) is 6.88. The smallest absolute Gasteiger partial charge is 0.333 e. The number of fused-ring (bicyclic) bond motifs is 1. The van der Waals surface area contributed by atoms with Crippen LogP contribution in [0.1, 0.15) is 21.5 Å². The number of carbonyl (C=O) groups is 1. The highest BCUT2D eigenvalue weighted by Crippen LogP contribution is 2.29. The fourth-order valence-corrected chi connectivity index (χ4v) is 4.79. The second-order valence-electron chi connectivity index (χ2n) is 7.98. The predicted molar refractivity (Wildman–Crippen MR) is 126 cm³/mol. The van der Waals surface area contributed by atoms with Crippen LogP contribution in [-0.2, 0) is 22.6 Å². The van der Waals surface area contributed by atoms with Gasteiger partial charge in [-0.3, -0.25) is 4.79 Å². The molecule has 1 heterocycles. The summed E-state index contributed by atoms with van der Waals surface area (Å²) in [4.78, 5) is 18.3. The zero-order valence-electron chi connectivity index (χ0n) is 18.4. The van der Waals surface area contributed by atoms with E-state index in [1.165, 1.54) is 4.90 Å². The monoisotopic (exact) mass is 498 g/mol. The highest BCUT2D eigenvalue weighted by Gasteiger charge is 2.31. The summed E-state index contributed by atoms with van der Waals surface area (Å²) in [6, 6.07) is 23.5. The zero-order valence-corrected chi connectivity index (χ0v) is 19.3. The molecule has 0 aliphatic carbocycles. The summed E-state index contributed by atoms with van der Waals surface area (Å²) in [6.07, 6.45) is -4.12. The van der Waals surface area contributed by atoms with Crippen LogP contribution in [0.5, 0.6) is 0 Å². The number of pyridine rings is 1. The molecule has 0 atom stereocenters. The number of aromatic nitrogens is 1. The number of sulfone groups is 1. The zero-order chi connectivity index (χ0) is 25.1. The number of halogens is 3. The van der Waals surface area contributed by atoms with Gasteiger partial charge in [-0.2, -0.15) is 13.2 Å². The summed E-state index contributed by atoms with van der Waals surface area (Å²) in [6.45, 7) is 0.00799. The van der Waals surface area contributed by atoms with E-state index < -0.39 is 32.4 Å².